The Labute approximate surface area is 99.1 Å². The van der Waals surface area contributed by atoms with Crippen LogP contribution in [0, 0.1) is 11.6 Å². The van der Waals surface area contributed by atoms with Gasteiger partial charge in [0.05, 0.1) is 5.56 Å². The van der Waals surface area contributed by atoms with Gasteiger partial charge < -0.3 is 5.32 Å². The lowest BCUT2D eigenvalue weighted by atomic mass is 9.98. The highest BCUT2D eigenvalue weighted by atomic mass is 19.1. The zero-order valence-corrected chi connectivity index (χ0v) is 9.50. The fraction of sp³-hybridized carbons (Fsp3) is 0.143. The highest BCUT2D eigenvalue weighted by molar-refractivity contribution is 5.68. The van der Waals surface area contributed by atoms with E-state index in [9.17, 15) is 8.78 Å². The first-order chi connectivity index (χ1) is 8.24. The van der Waals surface area contributed by atoms with Crippen LogP contribution in [-0.2, 0) is 6.54 Å². The van der Waals surface area contributed by atoms with Gasteiger partial charge in [-0.3, -0.25) is 0 Å². The molecule has 0 aliphatic heterocycles. The number of nitrogens with one attached hydrogen (secondary N) is 1. The van der Waals surface area contributed by atoms with Crippen LogP contribution in [0.15, 0.2) is 42.5 Å². The molecule has 0 aliphatic carbocycles. The lowest BCUT2D eigenvalue weighted by molar-refractivity contribution is 0.589. The van der Waals surface area contributed by atoms with Crippen molar-refractivity contribution in [1.29, 1.82) is 0 Å². The van der Waals surface area contributed by atoms with E-state index >= 15 is 0 Å². The first-order valence-corrected chi connectivity index (χ1v) is 5.41. The van der Waals surface area contributed by atoms with Crippen molar-refractivity contribution in [3.63, 3.8) is 0 Å². The summed E-state index contributed by atoms with van der Waals surface area (Å²) in [4.78, 5) is 0. The molecule has 17 heavy (non-hydrogen) atoms. The van der Waals surface area contributed by atoms with Crippen LogP contribution in [0.3, 0.4) is 0 Å². The summed E-state index contributed by atoms with van der Waals surface area (Å²) in [5, 5.41) is 2.99. The molecule has 3 heteroatoms. The van der Waals surface area contributed by atoms with Gasteiger partial charge in [0.25, 0.3) is 0 Å². The van der Waals surface area contributed by atoms with E-state index in [1.54, 1.807) is 19.2 Å². The number of benzene rings is 2. The molecule has 2 aromatic carbocycles. The number of rotatable bonds is 3. The average molecular weight is 233 g/mol. The predicted octanol–water partition coefficient (Wildman–Crippen LogP) is 3.35. The minimum absolute atomic E-state index is 0.0401. The van der Waals surface area contributed by atoms with E-state index in [0.717, 1.165) is 5.56 Å². The second kappa shape index (κ2) is 5.06. The number of hydrogen-bond donors (Lipinski definition) is 1. The monoisotopic (exact) mass is 233 g/mol. The van der Waals surface area contributed by atoms with E-state index in [-0.39, 0.29) is 5.56 Å². The second-order valence-electron chi connectivity index (χ2n) is 3.78. The van der Waals surface area contributed by atoms with E-state index < -0.39 is 11.6 Å². The van der Waals surface area contributed by atoms with E-state index in [4.69, 9.17) is 0 Å². The normalized spacial score (nSPS) is 10.5. The third kappa shape index (κ3) is 2.34. The molecule has 2 aromatic rings. The fourth-order valence-corrected chi connectivity index (χ4v) is 1.86. The molecule has 0 unspecified atom stereocenters. The van der Waals surface area contributed by atoms with Crippen molar-refractivity contribution in [2.45, 2.75) is 6.54 Å². The molecule has 0 aliphatic rings. The van der Waals surface area contributed by atoms with Crippen LogP contribution in [-0.4, -0.2) is 7.05 Å². The Morgan fingerprint density at radius 2 is 1.59 bits per heavy atom. The van der Waals surface area contributed by atoms with Gasteiger partial charge in [-0.2, -0.15) is 0 Å². The van der Waals surface area contributed by atoms with Crippen molar-refractivity contribution < 1.29 is 8.78 Å². The van der Waals surface area contributed by atoms with Crippen molar-refractivity contribution in [3.8, 4) is 11.1 Å². The molecular formula is C14H13F2N. The molecular weight excluding hydrogens is 220 g/mol. The van der Waals surface area contributed by atoms with Gasteiger partial charge in [-0.25, -0.2) is 8.78 Å². The van der Waals surface area contributed by atoms with E-state index in [0.29, 0.717) is 12.1 Å². The maximum absolute atomic E-state index is 13.7. The molecule has 0 radical (unpaired) electrons. The summed E-state index contributed by atoms with van der Waals surface area (Å²) in [5.41, 5.74) is 1.51. The minimum Gasteiger partial charge on any atom is -0.316 e. The molecule has 2 rings (SSSR count). The smallest absolute Gasteiger partial charge is 0.133 e. The largest absolute Gasteiger partial charge is 0.316 e. The van der Waals surface area contributed by atoms with Crippen LogP contribution in [0.5, 0.6) is 0 Å². The molecule has 0 saturated heterocycles. The van der Waals surface area contributed by atoms with E-state index in [1.807, 2.05) is 12.1 Å². The van der Waals surface area contributed by atoms with Gasteiger partial charge in [-0.1, -0.05) is 30.3 Å². The molecule has 0 spiro atoms. The number of halogens is 2. The van der Waals surface area contributed by atoms with Crippen LogP contribution in [0.2, 0.25) is 0 Å². The number of hydrogen-bond acceptors (Lipinski definition) is 1. The molecule has 1 nitrogen and oxygen atoms in total. The average Bonchev–Trinajstić information content (AvgIpc) is 2.31. The quantitative estimate of drug-likeness (QED) is 0.857. The fourth-order valence-electron chi connectivity index (χ4n) is 1.86. The summed E-state index contributed by atoms with van der Waals surface area (Å²) in [6, 6.07) is 11.1. The Bertz CT molecular complexity index is 503. The maximum atomic E-state index is 13.7. The van der Waals surface area contributed by atoms with Crippen LogP contribution < -0.4 is 5.32 Å². The van der Waals surface area contributed by atoms with Crippen molar-refractivity contribution in [2.24, 2.45) is 0 Å². The Morgan fingerprint density at radius 1 is 0.941 bits per heavy atom. The van der Waals surface area contributed by atoms with Crippen LogP contribution >= 0.6 is 0 Å². The van der Waals surface area contributed by atoms with Gasteiger partial charge in [0, 0.05) is 6.54 Å². The van der Waals surface area contributed by atoms with Gasteiger partial charge in [-0.15, -0.1) is 0 Å². The van der Waals surface area contributed by atoms with Crippen molar-refractivity contribution in [2.75, 3.05) is 7.05 Å². The van der Waals surface area contributed by atoms with Gasteiger partial charge in [0.15, 0.2) is 0 Å². The zero-order chi connectivity index (χ0) is 12.3. The molecule has 0 aromatic heterocycles. The third-order valence-electron chi connectivity index (χ3n) is 2.62. The first-order valence-electron chi connectivity index (χ1n) is 5.41. The summed E-state index contributed by atoms with van der Waals surface area (Å²) in [7, 11) is 1.80. The van der Waals surface area contributed by atoms with Gasteiger partial charge in [0.2, 0.25) is 0 Å². The Hall–Kier alpha value is -1.74. The Balaban J connectivity index is 2.60. The molecule has 1 N–H and O–H groups in total. The van der Waals surface area contributed by atoms with Crippen LogP contribution in [0.1, 0.15) is 5.56 Å². The minimum atomic E-state index is -0.534. The summed E-state index contributed by atoms with van der Waals surface area (Å²) in [6.45, 7) is 0.573. The zero-order valence-electron chi connectivity index (χ0n) is 9.50. The van der Waals surface area contributed by atoms with Crippen LogP contribution in [0.4, 0.5) is 8.78 Å². The van der Waals surface area contributed by atoms with Crippen molar-refractivity contribution >= 4 is 0 Å². The summed E-state index contributed by atoms with van der Waals surface area (Å²) in [5.74, 6) is -1.07. The summed E-state index contributed by atoms with van der Waals surface area (Å²) < 4.78 is 27.4. The van der Waals surface area contributed by atoms with Gasteiger partial charge in [0.1, 0.15) is 11.6 Å². The van der Waals surface area contributed by atoms with Crippen molar-refractivity contribution in [1.82, 2.24) is 5.32 Å². The third-order valence-corrected chi connectivity index (χ3v) is 2.62. The Kier molecular flexibility index (Phi) is 3.49. The predicted molar refractivity (Wildman–Crippen MR) is 64.6 cm³/mol. The summed E-state index contributed by atoms with van der Waals surface area (Å²) in [6.07, 6.45) is 0. The molecule has 0 bridgehead atoms. The molecule has 88 valence electrons. The highest BCUT2D eigenvalue weighted by Gasteiger charge is 2.13. The maximum Gasteiger partial charge on any atom is 0.133 e. The van der Waals surface area contributed by atoms with E-state index in [2.05, 4.69) is 5.32 Å². The van der Waals surface area contributed by atoms with E-state index in [1.165, 1.54) is 18.2 Å². The highest BCUT2D eigenvalue weighted by Crippen LogP contribution is 2.28. The molecule has 0 saturated carbocycles. The van der Waals surface area contributed by atoms with Crippen molar-refractivity contribution in [3.05, 3.63) is 59.7 Å². The van der Waals surface area contributed by atoms with Gasteiger partial charge >= 0.3 is 0 Å². The first kappa shape index (κ1) is 11.7. The molecule has 0 atom stereocenters. The lowest BCUT2D eigenvalue weighted by Crippen LogP contribution is -2.07. The standard InChI is InChI=1S/C14H13F2N/c1-17-9-10-5-2-3-6-11(10)14-12(15)7-4-8-13(14)16/h2-8,17H,9H2,1H3. The summed E-state index contributed by atoms with van der Waals surface area (Å²) >= 11 is 0. The molecule has 0 heterocycles. The molecule has 0 fully saturated rings. The lowest BCUT2D eigenvalue weighted by Gasteiger charge is -2.10. The second-order valence-corrected chi connectivity index (χ2v) is 3.78. The SMILES string of the molecule is CNCc1ccccc1-c1c(F)cccc1F. The van der Waals surface area contributed by atoms with Gasteiger partial charge in [-0.05, 0) is 30.3 Å². The molecule has 0 amide bonds. The van der Waals surface area contributed by atoms with Crippen LogP contribution in [0.25, 0.3) is 11.1 Å². The Morgan fingerprint density at radius 3 is 2.24 bits per heavy atom. The topological polar surface area (TPSA) is 12.0 Å².